The van der Waals surface area contributed by atoms with Crippen molar-refractivity contribution < 1.29 is 8.42 Å². The van der Waals surface area contributed by atoms with E-state index in [1.54, 1.807) is 0 Å². The summed E-state index contributed by atoms with van der Waals surface area (Å²) >= 11 is 0. The largest absolute Gasteiger partial charge is 0.326 e. The van der Waals surface area contributed by atoms with Crippen LogP contribution in [0.2, 0.25) is 0 Å². The maximum absolute atomic E-state index is 11.3. The van der Waals surface area contributed by atoms with E-state index in [0.717, 1.165) is 11.1 Å². The Labute approximate surface area is 97.6 Å². The van der Waals surface area contributed by atoms with E-state index in [1.165, 1.54) is 6.26 Å². The quantitative estimate of drug-likeness (QED) is 0.868. The lowest BCUT2D eigenvalue weighted by atomic mass is 9.86. The first-order valence-corrected chi connectivity index (χ1v) is 7.28. The summed E-state index contributed by atoms with van der Waals surface area (Å²) in [5.41, 5.74) is 7.23. The molecule has 0 bridgehead atoms. The van der Waals surface area contributed by atoms with Gasteiger partial charge >= 0.3 is 0 Å². The zero-order chi connectivity index (χ0) is 12.4. The second-order valence-corrected chi connectivity index (χ2v) is 7.00. The highest BCUT2D eigenvalue weighted by molar-refractivity contribution is 7.90. The van der Waals surface area contributed by atoms with E-state index in [2.05, 4.69) is 0 Å². The van der Waals surface area contributed by atoms with E-state index in [1.807, 2.05) is 38.1 Å². The van der Waals surface area contributed by atoms with Gasteiger partial charge < -0.3 is 5.73 Å². The maximum atomic E-state index is 11.3. The third kappa shape index (κ3) is 3.61. The van der Waals surface area contributed by atoms with Gasteiger partial charge in [-0.25, -0.2) is 8.42 Å². The van der Waals surface area contributed by atoms with Crippen molar-refractivity contribution in [3.63, 3.8) is 0 Å². The molecular weight excluding hydrogens is 222 g/mol. The first-order valence-electron chi connectivity index (χ1n) is 5.22. The molecule has 0 aliphatic carbocycles. The monoisotopic (exact) mass is 241 g/mol. The predicted molar refractivity (Wildman–Crippen MR) is 67.1 cm³/mol. The van der Waals surface area contributed by atoms with Crippen molar-refractivity contribution in [2.45, 2.75) is 25.8 Å². The van der Waals surface area contributed by atoms with Gasteiger partial charge in [-0.2, -0.15) is 0 Å². The molecule has 0 radical (unpaired) electrons. The third-order valence-corrected chi connectivity index (χ3v) is 3.84. The van der Waals surface area contributed by atoms with Crippen LogP contribution in [0.1, 0.15) is 25.0 Å². The molecule has 0 spiro atoms. The van der Waals surface area contributed by atoms with Crippen LogP contribution in [0.15, 0.2) is 24.3 Å². The fraction of sp³-hybridized carbons (Fsp3) is 0.500. The van der Waals surface area contributed by atoms with Crippen molar-refractivity contribution in [1.82, 2.24) is 0 Å². The summed E-state index contributed by atoms with van der Waals surface area (Å²) in [5, 5.41) is 0. The summed E-state index contributed by atoms with van der Waals surface area (Å²) in [6, 6.07) is 7.79. The summed E-state index contributed by atoms with van der Waals surface area (Å²) in [6.07, 6.45) is 1.27. The van der Waals surface area contributed by atoms with E-state index < -0.39 is 9.84 Å². The summed E-state index contributed by atoms with van der Waals surface area (Å²) in [5.74, 6) is 0.155. The van der Waals surface area contributed by atoms with Crippen molar-refractivity contribution >= 4 is 9.84 Å². The number of hydrogen-bond donors (Lipinski definition) is 1. The molecule has 0 aliphatic heterocycles. The molecule has 0 aromatic heterocycles. The van der Waals surface area contributed by atoms with Gasteiger partial charge in [0, 0.05) is 18.2 Å². The summed E-state index contributed by atoms with van der Waals surface area (Å²) in [4.78, 5) is 0. The topological polar surface area (TPSA) is 60.2 Å². The van der Waals surface area contributed by atoms with Crippen LogP contribution in [0.3, 0.4) is 0 Å². The van der Waals surface area contributed by atoms with E-state index in [4.69, 9.17) is 5.73 Å². The smallest absolute Gasteiger partial charge is 0.148 e. The molecule has 16 heavy (non-hydrogen) atoms. The molecule has 0 unspecified atom stereocenters. The zero-order valence-corrected chi connectivity index (χ0v) is 10.8. The van der Waals surface area contributed by atoms with Gasteiger partial charge in [-0.1, -0.05) is 38.1 Å². The number of benzene rings is 1. The Balaban J connectivity index is 2.98. The van der Waals surface area contributed by atoms with Gasteiger partial charge in [-0.15, -0.1) is 0 Å². The minimum absolute atomic E-state index is 0.155. The van der Waals surface area contributed by atoms with Crippen LogP contribution < -0.4 is 5.73 Å². The Bertz CT molecular complexity index is 446. The molecular formula is C12H19NO2S. The standard InChI is InChI=1S/C12H19NO2S/c1-12(2,9-16(3,14)15)11-6-4-10(8-13)5-7-11/h4-7H,8-9,13H2,1-3H3. The molecule has 1 rings (SSSR count). The van der Waals surface area contributed by atoms with Gasteiger partial charge in [0.05, 0.1) is 5.75 Å². The van der Waals surface area contributed by atoms with Crippen molar-refractivity contribution in [1.29, 1.82) is 0 Å². The molecule has 0 atom stereocenters. The van der Waals surface area contributed by atoms with Gasteiger partial charge in [-0.3, -0.25) is 0 Å². The molecule has 0 aliphatic rings. The highest BCUT2D eigenvalue weighted by Gasteiger charge is 2.25. The molecule has 0 saturated carbocycles. The summed E-state index contributed by atoms with van der Waals surface area (Å²) in [6.45, 7) is 4.38. The van der Waals surface area contributed by atoms with Crippen LogP contribution in [0.25, 0.3) is 0 Å². The van der Waals surface area contributed by atoms with Gasteiger partial charge in [0.2, 0.25) is 0 Å². The van der Waals surface area contributed by atoms with Crippen molar-refractivity contribution in [2.75, 3.05) is 12.0 Å². The Morgan fingerprint density at radius 3 is 2.06 bits per heavy atom. The fourth-order valence-corrected chi connectivity index (χ4v) is 3.31. The molecule has 90 valence electrons. The predicted octanol–water partition coefficient (Wildman–Crippen LogP) is 1.47. The van der Waals surface area contributed by atoms with Crippen LogP contribution in [0.5, 0.6) is 0 Å². The first kappa shape index (κ1) is 13.2. The Morgan fingerprint density at radius 2 is 1.69 bits per heavy atom. The molecule has 0 amide bonds. The number of hydrogen-bond acceptors (Lipinski definition) is 3. The van der Waals surface area contributed by atoms with E-state index >= 15 is 0 Å². The van der Waals surface area contributed by atoms with Crippen molar-refractivity contribution in [2.24, 2.45) is 5.73 Å². The SMILES string of the molecule is CC(C)(CS(C)(=O)=O)c1ccc(CN)cc1. The number of nitrogens with two attached hydrogens (primary N) is 1. The second-order valence-electron chi connectivity index (χ2n) is 4.86. The molecule has 1 aromatic carbocycles. The average Bonchev–Trinajstić information content (AvgIpc) is 2.14. The Hall–Kier alpha value is -0.870. The molecule has 0 fully saturated rings. The van der Waals surface area contributed by atoms with Crippen molar-refractivity contribution in [3.8, 4) is 0 Å². The highest BCUT2D eigenvalue weighted by atomic mass is 32.2. The Morgan fingerprint density at radius 1 is 1.19 bits per heavy atom. The van der Waals surface area contributed by atoms with Crippen LogP contribution in [-0.4, -0.2) is 20.4 Å². The maximum Gasteiger partial charge on any atom is 0.148 e. The second kappa shape index (κ2) is 4.55. The number of rotatable bonds is 4. The molecule has 1 aromatic rings. The molecule has 3 nitrogen and oxygen atoms in total. The minimum atomic E-state index is -2.97. The molecule has 0 saturated heterocycles. The van der Waals surface area contributed by atoms with E-state index in [-0.39, 0.29) is 11.2 Å². The fourth-order valence-electron chi connectivity index (χ4n) is 1.83. The lowest BCUT2D eigenvalue weighted by Gasteiger charge is -2.24. The van der Waals surface area contributed by atoms with Crippen molar-refractivity contribution in [3.05, 3.63) is 35.4 Å². The van der Waals surface area contributed by atoms with Crippen LogP contribution in [0, 0.1) is 0 Å². The highest BCUT2D eigenvalue weighted by Crippen LogP contribution is 2.25. The van der Waals surface area contributed by atoms with Crippen LogP contribution in [-0.2, 0) is 21.8 Å². The summed E-state index contributed by atoms with van der Waals surface area (Å²) in [7, 11) is -2.97. The molecule has 4 heteroatoms. The molecule has 0 heterocycles. The lowest BCUT2D eigenvalue weighted by Crippen LogP contribution is -2.27. The third-order valence-electron chi connectivity index (χ3n) is 2.59. The van der Waals surface area contributed by atoms with Gasteiger partial charge in [-0.05, 0) is 11.1 Å². The van der Waals surface area contributed by atoms with Crippen LogP contribution >= 0.6 is 0 Å². The van der Waals surface area contributed by atoms with E-state index in [9.17, 15) is 8.42 Å². The van der Waals surface area contributed by atoms with Gasteiger partial charge in [0.1, 0.15) is 9.84 Å². The van der Waals surface area contributed by atoms with Crippen LogP contribution in [0.4, 0.5) is 0 Å². The van der Waals surface area contributed by atoms with Gasteiger partial charge in [0.15, 0.2) is 0 Å². The number of sulfone groups is 1. The minimum Gasteiger partial charge on any atom is -0.326 e. The normalized spacial score (nSPS) is 12.8. The lowest BCUT2D eigenvalue weighted by molar-refractivity contribution is 0.552. The zero-order valence-electron chi connectivity index (χ0n) is 10.0. The van der Waals surface area contributed by atoms with E-state index in [0.29, 0.717) is 6.54 Å². The Kier molecular flexibility index (Phi) is 3.76. The van der Waals surface area contributed by atoms with Gasteiger partial charge in [0.25, 0.3) is 0 Å². The first-order chi connectivity index (χ1) is 7.24. The molecule has 2 N–H and O–H groups in total. The summed E-state index contributed by atoms with van der Waals surface area (Å²) < 4.78 is 22.6. The average molecular weight is 241 g/mol.